The molecular weight excluding hydrogens is 627 g/mol. The number of aliphatic hydroxyl groups is 1. The number of phenolic OH excluding ortho intramolecular Hbond substituents is 1. The van der Waals surface area contributed by atoms with Gasteiger partial charge in [0.15, 0.2) is 0 Å². The van der Waals surface area contributed by atoms with Gasteiger partial charge in [0.1, 0.15) is 11.4 Å². The third-order valence-electron chi connectivity index (χ3n) is 3.54. The summed E-state index contributed by atoms with van der Waals surface area (Å²) in [5, 5.41) is 19.7. The van der Waals surface area contributed by atoms with Crippen LogP contribution < -0.4 is 0 Å². The van der Waals surface area contributed by atoms with Crippen molar-refractivity contribution in [2.24, 2.45) is 0 Å². The number of nitrogens with zero attached hydrogens (tertiary/aromatic N) is 1. The van der Waals surface area contributed by atoms with Gasteiger partial charge in [-0.15, -0.1) is 0 Å². The molecule has 1 aliphatic heterocycles. The number of fused-ring (bicyclic) bond motifs is 1. The first-order valence-corrected chi connectivity index (χ1v) is 11.2. The maximum atomic E-state index is 12.4. The minimum Gasteiger partial charge on any atom is -0.508 e. The largest absolute Gasteiger partial charge is 0.508 e. The van der Waals surface area contributed by atoms with E-state index in [9.17, 15) is 15.0 Å². The summed E-state index contributed by atoms with van der Waals surface area (Å²) in [7, 11) is 0. The summed E-state index contributed by atoms with van der Waals surface area (Å²) >= 11 is 6.70. The minimum atomic E-state index is -0.809. The number of phenols is 1. The summed E-state index contributed by atoms with van der Waals surface area (Å²) in [5.41, 5.74) is 1.03. The number of carbonyl (C=O) groups excluding carboxylic acids is 1. The number of aliphatic hydroxyl groups excluding tert-OH is 1. The van der Waals surface area contributed by atoms with Gasteiger partial charge in [-0.3, -0.25) is 0 Å². The molecule has 0 aromatic heterocycles. The standard InChI is InChI=1S/C14H16I3NO4/c15-6-14(7-16,8-17)22-13(21)18-4-9-1-2-10(19)3-11(9)12(20)5-18/h1-3,12,19-20H,4-8H2. The molecule has 1 unspecified atom stereocenters. The average molecular weight is 643 g/mol. The Bertz CT molecular complexity index is 543. The van der Waals surface area contributed by atoms with Crippen LogP contribution in [0.2, 0.25) is 0 Å². The van der Waals surface area contributed by atoms with E-state index in [1.807, 2.05) is 0 Å². The number of alkyl halides is 3. The Labute approximate surface area is 170 Å². The van der Waals surface area contributed by atoms with Crippen molar-refractivity contribution in [2.75, 3.05) is 19.8 Å². The molecule has 0 spiro atoms. The highest BCUT2D eigenvalue weighted by Gasteiger charge is 2.35. The topological polar surface area (TPSA) is 70.0 Å². The zero-order chi connectivity index (χ0) is 16.3. The number of carbonyl (C=O) groups is 1. The highest BCUT2D eigenvalue weighted by Crippen LogP contribution is 2.31. The molecule has 5 nitrogen and oxygen atoms in total. The van der Waals surface area contributed by atoms with Crippen LogP contribution in [0.3, 0.4) is 0 Å². The predicted octanol–water partition coefficient (Wildman–Crippen LogP) is 3.42. The van der Waals surface area contributed by atoms with E-state index in [4.69, 9.17) is 4.74 Å². The van der Waals surface area contributed by atoms with E-state index in [-0.39, 0.29) is 12.3 Å². The van der Waals surface area contributed by atoms with Crippen LogP contribution in [0.25, 0.3) is 0 Å². The lowest BCUT2D eigenvalue weighted by atomic mass is 9.97. The highest BCUT2D eigenvalue weighted by atomic mass is 127. The summed E-state index contributed by atoms with van der Waals surface area (Å²) in [6.45, 7) is 0.556. The molecule has 1 heterocycles. The number of ether oxygens (including phenoxy) is 1. The number of hydrogen-bond donors (Lipinski definition) is 2. The van der Waals surface area contributed by atoms with Crippen molar-refractivity contribution in [1.82, 2.24) is 4.90 Å². The van der Waals surface area contributed by atoms with Crippen LogP contribution in [0.15, 0.2) is 18.2 Å². The second-order valence-electron chi connectivity index (χ2n) is 5.23. The van der Waals surface area contributed by atoms with Crippen molar-refractivity contribution in [3.05, 3.63) is 29.3 Å². The SMILES string of the molecule is O=C(OC(CI)(CI)CI)N1Cc2ccc(O)cc2C(O)C1. The summed E-state index contributed by atoms with van der Waals surface area (Å²) in [6.07, 6.45) is -1.21. The number of amides is 1. The number of β-amino-alcohol motifs (C(OH)–C–C–N with tert-alkyl or cyclic N) is 1. The maximum absolute atomic E-state index is 12.4. The van der Waals surface area contributed by atoms with Crippen molar-refractivity contribution in [2.45, 2.75) is 18.2 Å². The van der Waals surface area contributed by atoms with Crippen LogP contribution >= 0.6 is 67.8 Å². The summed E-state index contributed by atoms with van der Waals surface area (Å²) in [4.78, 5) is 14.0. The molecule has 1 amide bonds. The lowest BCUT2D eigenvalue weighted by Gasteiger charge is -2.35. The zero-order valence-electron chi connectivity index (χ0n) is 11.6. The molecule has 0 radical (unpaired) electrons. The number of rotatable bonds is 4. The Morgan fingerprint density at radius 2 is 1.95 bits per heavy atom. The van der Waals surface area contributed by atoms with Crippen LogP contribution in [0.5, 0.6) is 5.75 Å². The monoisotopic (exact) mass is 643 g/mol. The van der Waals surface area contributed by atoms with Gasteiger partial charge in [-0.1, -0.05) is 73.8 Å². The van der Waals surface area contributed by atoms with E-state index in [2.05, 4.69) is 67.8 Å². The van der Waals surface area contributed by atoms with E-state index < -0.39 is 17.8 Å². The number of benzene rings is 1. The predicted molar refractivity (Wildman–Crippen MR) is 109 cm³/mol. The molecule has 1 aromatic carbocycles. The first-order chi connectivity index (χ1) is 10.4. The molecule has 0 aliphatic carbocycles. The van der Waals surface area contributed by atoms with E-state index in [1.165, 1.54) is 4.90 Å². The lowest BCUT2D eigenvalue weighted by Crippen LogP contribution is -2.47. The van der Waals surface area contributed by atoms with Crippen LogP contribution in [0.4, 0.5) is 4.79 Å². The Morgan fingerprint density at radius 3 is 2.55 bits per heavy atom. The highest BCUT2D eigenvalue weighted by molar-refractivity contribution is 14.1. The molecule has 2 N–H and O–H groups in total. The van der Waals surface area contributed by atoms with Gasteiger partial charge in [-0.2, -0.15) is 0 Å². The fourth-order valence-electron chi connectivity index (χ4n) is 2.19. The summed E-state index contributed by atoms with van der Waals surface area (Å²) < 4.78 is 7.89. The molecule has 8 heteroatoms. The zero-order valence-corrected chi connectivity index (χ0v) is 18.1. The molecule has 0 bridgehead atoms. The van der Waals surface area contributed by atoms with Gasteiger partial charge in [0.05, 0.1) is 12.6 Å². The van der Waals surface area contributed by atoms with Crippen molar-refractivity contribution in [1.29, 1.82) is 0 Å². The molecule has 1 atom stereocenters. The van der Waals surface area contributed by atoms with Gasteiger partial charge < -0.3 is 19.8 Å². The fraction of sp³-hybridized carbons (Fsp3) is 0.500. The van der Waals surface area contributed by atoms with E-state index in [0.29, 0.717) is 12.1 Å². The smallest absolute Gasteiger partial charge is 0.410 e. The number of aromatic hydroxyl groups is 1. The number of halogens is 3. The molecule has 122 valence electrons. The van der Waals surface area contributed by atoms with Crippen LogP contribution in [0.1, 0.15) is 17.2 Å². The molecule has 0 fully saturated rings. The van der Waals surface area contributed by atoms with Gasteiger partial charge in [-0.05, 0) is 23.3 Å². The Morgan fingerprint density at radius 1 is 1.32 bits per heavy atom. The second-order valence-corrected chi connectivity index (χ2v) is 7.52. The summed E-state index contributed by atoms with van der Waals surface area (Å²) in [5.74, 6) is 0.118. The van der Waals surface area contributed by atoms with Gasteiger partial charge in [0.25, 0.3) is 0 Å². The molecule has 2 rings (SSSR count). The van der Waals surface area contributed by atoms with Crippen molar-refractivity contribution in [3.8, 4) is 5.75 Å². The first-order valence-electron chi connectivity index (χ1n) is 6.60. The Kier molecular flexibility index (Phi) is 6.84. The lowest BCUT2D eigenvalue weighted by molar-refractivity contribution is 0.0181. The second kappa shape index (κ2) is 8.01. The quantitative estimate of drug-likeness (QED) is 0.390. The van der Waals surface area contributed by atoms with Gasteiger partial charge in [0, 0.05) is 19.8 Å². The Balaban J connectivity index is 2.14. The fourth-order valence-corrected chi connectivity index (χ4v) is 7.37. The van der Waals surface area contributed by atoms with E-state index in [1.54, 1.807) is 18.2 Å². The minimum absolute atomic E-state index is 0.118. The van der Waals surface area contributed by atoms with Crippen LogP contribution in [0, 0.1) is 0 Å². The van der Waals surface area contributed by atoms with Gasteiger partial charge in [0.2, 0.25) is 0 Å². The van der Waals surface area contributed by atoms with Gasteiger partial charge >= 0.3 is 6.09 Å². The van der Waals surface area contributed by atoms with Crippen molar-refractivity contribution < 1.29 is 19.7 Å². The molecular formula is C14H16I3NO4. The van der Waals surface area contributed by atoms with Crippen molar-refractivity contribution in [3.63, 3.8) is 0 Å². The van der Waals surface area contributed by atoms with Crippen LogP contribution in [-0.2, 0) is 11.3 Å². The third kappa shape index (κ3) is 4.09. The Hall–Kier alpha value is 0.440. The number of hydrogen-bond acceptors (Lipinski definition) is 4. The van der Waals surface area contributed by atoms with Crippen LogP contribution in [-0.4, -0.2) is 46.6 Å². The average Bonchev–Trinajstić information content (AvgIpc) is 2.53. The summed E-state index contributed by atoms with van der Waals surface area (Å²) in [6, 6.07) is 4.84. The first kappa shape index (κ1) is 18.8. The van der Waals surface area contributed by atoms with Gasteiger partial charge in [-0.25, -0.2) is 4.79 Å². The third-order valence-corrected chi connectivity index (χ3v) is 7.71. The molecule has 22 heavy (non-hydrogen) atoms. The molecule has 0 saturated heterocycles. The molecule has 1 aliphatic rings. The normalized spacial score (nSPS) is 18.0. The molecule has 1 aromatic rings. The van der Waals surface area contributed by atoms with Crippen molar-refractivity contribution >= 4 is 73.9 Å². The van der Waals surface area contributed by atoms with E-state index >= 15 is 0 Å². The maximum Gasteiger partial charge on any atom is 0.410 e. The van der Waals surface area contributed by atoms with E-state index in [0.717, 1.165) is 18.8 Å². The molecule has 0 saturated carbocycles.